The van der Waals surface area contributed by atoms with Crippen molar-refractivity contribution in [3.63, 3.8) is 0 Å². The number of rotatable bonds is 3. The largest absolute Gasteiger partial charge is 0.345 e. The molecule has 118 valence electrons. The zero-order chi connectivity index (χ0) is 16.4. The van der Waals surface area contributed by atoms with Gasteiger partial charge in [-0.05, 0) is 42.7 Å². The van der Waals surface area contributed by atoms with Gasteiger partial charge in [-0.25, -0.2) is 0 Å². The van der Waals surface area contributed by atoms with Gasteiger partial charge in [0, 0.05) is 18.3 Å². The van der Waals surface area contributed by atoms with Crippen LogP contribution in [0, 0.1) is 0 Å². The molecule has 3 N–H and O–H groups in total. The van der Waals surface area contributed by atoms with E-state index in [4.69, 9.17) is 0 Å². The average Bonchev–Trinajstić information content (AvgIpc) is 2.54. The molecule has 1 unspecified atom stereocenters. The fourth-order valence-corrected chi connectivity index (χ4v) is 2.63. The number of fused-ring (bicyclic) bond motifs is 1. The highest BCUT2D eigenvalue weighted by atomic mass is 16.2. The maximum Gasteiger partial charge on any atom is 0.260 e. The second-order valence-electron chi connectivity index (χ2n) is 5.57. The van der Waals surface area contributed by atoms with E-state index < -0.39 is 11.5 Å². The van der Waals surface area contributed by atoms with Gasteiger partial charge in [0.1, 0.15) is 5.56 Å². The van der Waals surface area contributed by atoms with Crippen molar-refractivity contribution in [3.05, 3.63) is 63.6 Å². The Morgan fingerprint density at radius 3 is 2.83 bits per heavy atom. The third kappa shape index (κ3) is 3.15. The smallest absolute Gasteiger partial charge is 0.260 e. The molecule has 1 aromatic heterocycles. The third-order valence-corrected chi connectivity index (χ3v) is 3.94. The standard InChI is InChI=1S/C17H17N3O3/c1-10(19-17(23)13-3-2-8-18-16(13)22)11-4-6-14-12(9-11)5-7-15(21)20-14/h2-4,6,8-10H,5,7H2,1H3,(H,18,22)(H,19,23)(H,20,21). The van der Waals surface area contributed by atoms with Crippen molar-refractivity contribution in [2.75, 3.05) is 5.32 Å². The Morgan fingerprint density at radius 2 is 2.04 bits per heavy atom. The molecule has 0 radical (unpaired) electrons. The van der Waals surface area contributed by atoms with Crippen LogP contribution in [0.4, 0.5) is 5.69 Å². The van der Waals surface area contributed by atoms with Crippen LogP contribution in [-0.4, -0.2) is 16.8 Å². The Bertz CT molecular complexity index is 826. The van der Waals surface area contributed by atoms with Crippen molar-refractivity contribution < 1.29 is 9.59 Å². The first-order chi connectivity index (χ1) is 11.0. The highest BCUT2D eigenvalue weighted by molar-refractivity contribution is 5.94. The summed E-state index contributed by atoms with van der Waals surface area (Å²) in [6, 6.07) is 8.55. The number of carbonyl (C=O) groups is 2. The summed E-state index contributed by atoms with van der Waals surface area (Å²) in [7, 11) is 0. The summed E-state index contributed by atoms with van der Waals surface area (Å²) in [6.45, 7) is 1.86. The van der Waals surface area contributed by atoms with E-state index in [0.29, 0.717) is 12.8 Å². The molecule has 0 saturated heterocycles. The first kappa shape index (κ1) is 15.0. The van der Waals surface area contributed by atoms with Crippen LogP contribution in [0.2, 0.25) is 0 Å². The predicted molar refractivity (Wildman–Crippen MR) is 86.3 cm³/mol. The van der Waals surface area contributed by atoms with Gasteiger partial charge in [-0.15, -0.1) is 0 Å². The lowest BCUT2D eigenvalue weighted by molar-refractivity contribution is -0.116. The highest BCUT2D eigenvalue weighted by Gasteiger charge is 2.18. The van der Waals surface area contributed by atoms with E-state index in [9.17, 15) is 14.4 Å². The molecule has 6 heteroatoms. The second-order valence-corrected chi connectivity index (χ2v) is 5.57. The summed E-state index contributed by atoms with van der Waals surface area (Å²) in [4.78, 5) is 37.7. The molecular weight excluding hydrogens is 294 g/mol. The Balaban J connectivity index is 1.77. The molecule has 0 fully saturated rings. The Morgan fingerprint density at radius 1 is 1.22 bits per heavy atom. The fraction of sp³-hybridized carbons (Fsp3) is 0.235. The number of pyridine rings is 1. The van der Waals surface area contributed by atoms with Gasteiger partial charge in [-0.3, -0.25) is 14.4 Å². The number of aromatic amines is 1. The molecule has 2 aromatic rings. The van der Waals surface area contributed by atoms with E-state index in [1.54, 1.807) is 6.07 Å². The van der Waals surface area contributed by atoms with Crippen molar-refractivity contribution in [2.45, 2.75) is 25.8 Å². The zero-order valence-corrected chi connectivity index (χ0v) is 12.7. The van der Waals surface area contributed by atoms with E-state index in [0.717, 1.165) is 16.8 Å². The van der Waals surface area contributed by atoms with Gasteiger partial charge >= 0.3 is 0 Å². The van der Waals surface area contributed by atoms with Gasteiger partial charge in [0.15, 0.2) is 0 Å². The molecule has 6 nitrogen and oxygen atoms in total. The zero-order valence-electron chi connectivity index (χ0n) is 12.7. The average molecular weight is 311 g/mol. The maximum absolute atomic E-state index is 12.2. The molecule has 1 aliphatic rings. The van der Waals surface area contributed by atoms with Crippen LogP contribution in [0.15, 0.2) is 41.3 Å². The van der Waals surface area contributed by atoms with E-state index >= 15 is 0 Å². The maximum atomic E-state index is 12.2. The van der Waals surface area contributed by atoms with Crippen molar-refractivity contribution >= 4 is 17.5 Å². The van der Waals surface area contributed by atoms with Crippen LogP contribution in [0.5, 0.6) is 0 Å². The number of anilines is 1. The molecule has 23 heavy (non-hydrogen) atoms. The monoisotopic (exact) mass is 311 g/mol. The van der Waals surface area contributed by atoms with Crippen LogP contribution >= 0.6 is 0 Å². The summed E-state index contributed by atoms with van der Waals surface area (Å²) in [6.07, 6.45) is 2.64. The molecule has 1 aromatic carbocycles. The number of hydrogen-bond donors (Lipinski definition) is 3. The van der Waals surface area contributed by atoms with E-state index in [-0.39, 0.29) is 17.5 Å². The third-order valence-electron chi connectivity index (χ3n) is 3.94. The minimum atomic E-state index is -0.412. The number of benzene rings is 1. The number of hydrogen-bond acceptors (Lipinski definition) is 3. The van der Waals surface area contributed by atoms with Gasteiger partial charge in [0.2, 0.25) is 5.91 Å². The topological polar surface area (TPSA) is 91.1 Å². The predicted octanol–water partition coefficient (Wildman–Crippen LogP) is 1.75. The Kier molecular flexibility index (Phi) is 3.97. The van der Waals surface area contributed by atoms with E-state index in [1.807, 2.05) is 25.1 Å². The summed E-state index contributed by atoms with van der Waals surface area (Å²) < 4.78 is 0. The molecule has 0 aliphatic carbocycles. The lowest BCUT2D eigenvalue weighted by atomic mass is 9.97. The molecule has 1 aliphatic heterocycles. The molecule has 2 heterocycles. The second kappa shape index (κ2) is 6.08. The number of amides is 2. The molecular formula is C17H17N3O3. The quantitative estimate of drug-likeness (QED) is 0.806. The number of H-pyrrole nitrogens is 1. The normalized spacial score (nSPS) is 14.6. The van der Waals surface area contributed by atoms with Crippen molar-refractivity contribution in [1.82, 2.24) is 10.3 Å². The van der Waals surface area contributed by atoms with Gasteiger partial charge < -0.3 is 15.6 Å². The molecule has 0 saturated carbocycles. The molecule has 3 rings (SSSR count). The molecule has 0 bridgehead atoms. The van der Waals surface area contributed by atoms with Crippen LogP contribution in [0.1, 0.15) is 40.9 Å². The highest BCUT2D eigenvalue weighted by Crippen LogP contribution is 2.26. The summed E-state index contributed by atoms with van der Waals surface area (Å²) >= 11 is 0. The first-order valence-corrected chi connectivity index (χ1v) is 7.46. The summed E-state index contributed by atoms with van der Waals surface area (Å²) in [5.41, 5.74) is 2.49. The van der Waals surface area contributed by atoms with Crippen molar-refractivity contribution in [1.29, 1.82) is 0 Å². The number of aromatic nitrogens is 1. The van der Waals surface area contributed by atoms with Gasteiger partial charge in [0.05, 0.1) is 6.04 Å². The Hall–Kier alpha value is -2.89. The van der Waals surface area contributed by atoms with Crippen LogP contribution in [0.25, 0.3) is 0 Å². The van der Waals surface area contributed by atoms with Crippen molar-refractivity contribution in [2.24, 2.45) is 0 Å². The van der Waals surface area contributed by atoms with E-state index in [2.05, 4.69) is 15.6 Å². The van der Waals surface area contributed by atoms with Crippen LogP contribution in [0.3, 0.4) is 0 Å². The van der Waals surface area contributed by atoms with Crippen LogP contribution in [-0.2, 0) is 11.2 Å². The van der Waals surface area contributed by atoms with Gasteiger partial charge in [-0.2, -0.15) is 0 Å². The fourth-order valence-electron chi connectivity index (χ4n) is 2.63. The summed E-state index contributed by atoms with van der Waals surface area (Å²) in [5.74, 6) is -0.389. The van der Waals surface area contributed by atoms with Crippen molar-refractivity contribution in [3.8, 4) is 0 Å². The lowest BCUT2D eigenvalue weighted by Gasteiger charge is -2.20. The number of carbonyl (C=O) groups excluding carboxylic acids is 2. The SMILES string of the molecule is CC(NC(=O)c1ccc[nH]c1=O)c1ccc2c(c1)CCC(=O)N2. The van der Waals surface area contributed by atoms with Gasteiger partial charge in [-0.1, -0.05) is 12.1 Å². The van der Waals surface area contributed by atoms with E-state index in [1.165, 1.54) is 12.3 Å². The minimum absolute atomic E-state index is 0.0231. The number of nitrogens with one attached hydrogen (secondary N) is 3. The summed E-state index contributed by atoms with van der Waals surface area (Å²) in [5, 5.41) is 5.65. The molecule has 0 spiro atoms. The Labute approximate surface area is 132 Å². The minimum Gasteiger partial charge on any atom is -0.345 e. The molecule has 2 amide bonds. The van der Waals surface area contributed by atoms with Gasteiger partial charge in [0.25, 0.3) is 11.5 Å². The number of aryl methyl sites for hydroxylation is 1. The van der Waals surface area contributed by atoms with Crippen LogP contribution < -0.4 is 16.2 Å². The molecule has 1 atom stereocenters. The lowest BCUT2D eigenvalue weighted by Crippen LogP contribution is -2.31. The first-order valence-electron chi connectivity index (χ1n) is 7.46.